The van der Waals surface area contributed by atoms with Crippen LogP contribution in [-0.2, 0) is 10.0 Å². The van der Waals surface area contributed by atoms with Gasteiger partial charge in [-0.1, -0.05) is 0 Å². The molecule has 0 N–H and O–H groups in total. The smallest absolute Gasteiger partial charge is 0.270 e. The first-order chi connectivity index (χ1) is 12.8. The summed E-state index contributed by atoms with van der Waals surface area (Å²) in [6.45, 7) is 1.02. The van der Waals surface area contributed by atoms with Gasteiger partial charge in [-0.15, -0.1) is 0 Å². The number of piperazine rings is 1. The van der Waals surface area contributed by atoms with E-state index in [-0.39, 0.29) is 29.2 Å². The molecule has 0 aliphatic carbocycles. The number of sulfonamides is 1. The van der Waals surface area contributed by atoms with E-state index in [0.717, 1.165) is 12.1 Å². The molecule has 0 aromatic heterocycles. The highest BCUT2D eigenvalue weighted by Crippen LogP contribution is 2.27. The lowest BCUT2D eigenvalue weighted by atomic mass is 10.1. The van der Waals surface area contributed by atoms with Gasteiger partial charge < -0.3 is 4.90 Å². The minimum Gasteiger partial charge on any atom is -0.368 e. The van der Waals surface area contributed by atoms with Crippen LogP contribution in [0.25, 0.3) is 0 Å². The maximum atomic E-state index is 13.0. The Hall–Kier alpha value is -3.03. The van der Waals surface area contributed by atoms with Gasteiger partial charge >= 0.3 is 0 Å². The molecule has 2 aromatic carbocycles. The van der Waals surface area contributed by atoms with Crippen LogP contribution in [0.1, 0.15) is 5.56 Å². The summed E-state index contributed by atoms with van der Waals surface area (Å²) in [7, 11) is -3.73. The van der Waals surface area contributed by atoms with E-state index in [4.69, 9.17) is 0 Å². The molecule has 0 radical (unpaired) electrons. The fourth-order valence-corrected chi connectivity index (χ4v) is 4.35. The normalized spacial score (nSPS) is 15.3. The third-order valence-electron chi connectivity index (χ3n) is 4.34. The van der Waals surface area contributed by atoms with Crippen LogP contribution >= 0.6 is 0 Å². The molecule has 1 fully saturated rings. The minimum atomic E-state index is -3.73. The topological polar surface area (TPSA) is 108 Å². The van der Waals surface area contributed by atoms with Gasteiger partial charge in [0, 0.05) is 38.3 Å². The SMILES string of the molecule is N#Cc1cc([N+](=O)[O-])ccc1N1CCN(S(=O)(=O)c2ccc(F)cc2)CC1. The number of anilines is 1. The molecule has 3 rings (SSSR count). The van der Waals surface area contributed by atoms with E-state index in [2.05, 4.69) is 0 Å². The third-order valence-corrected chi connectivity index (χ3v) is 6.26. The van der Waals surface area contributed by atoms with Gasteiger partial charge in [-0.25, -0.2) is 12.8 Å². The van der Waals surface area contributed by atoms with Crippen molar-refractivity contribution in [2.24, 2.45) is 0 Å². The summed E-state index contributed by atoms with van der Waals surface area (Å²) in [5.41, 5.74) is 0.522. The highest BCUT2D eigenvalue weighted by atomic mass is 32.2. The Balaban J connectivity index is 1.77. The van der Waals surface area contributed by atoms with Gasteiger partial charge in [0.1, 0.15) is 11.9 Å². The summed E-state index contributed by atoms with van der Waals surface area (Å²) in [6.07, 6.45) is 0. The number of hydrogen-bond acceptors (Lipinski definition) is 6. The van der Waals surface area contributed by atoms with Gasteiger partial charge in [0.2, 0.25) is 10.0 Å². The zero-order chi connectivity index (χ0) is 19.6. The second-order valence-electron chi connectivity index (χ2n) is 5.92. The fraction of sp³-hybridized carbons (Fsp3) is 0.235. The lowest BCUT2D eigenvalue weighted by molar-refractivity contribution is -0.384. The van der Waals surface area contributed by atoms with Crippen molar-refractivity contribution in [3.05, 3.63) is 64.0 Å². The van der Waals surface area contributed by atoms with Gasteiger partial charge in [-0.3, -0.25) is 10.1 Å². The number of rotatable bonds is 4. The standard InChI is InChI=1S/C17H15FN4O4S/c18-14-1-4-16(5-2-14)27(25,26)21-9-7-20(8-10-21)17-6-3-15(22(23)24)11-13(17)12-19/h1-6,11H,7-10H2. The van der Waals surface area contributed by atoms with Gasteiger partial charge in [0.25, 0.3) is 5.69 Å². The summed E-state index contributed by atoms with van der Waals surface area (Å²) >= 11 is 0. The number of hydrogen-bond donors (Lipinski definition) is 0. The molecular formula is C17H15FN4O4S. The Morgan fingerprint density at radius 3 is 2.26 bits per heavy atom. The molecule has 140 valence electrons. The van der Waals surface area contributed by atoms with Crippen molar-refractivity contribution in [2.75, 3.05) is 31.1 Å². The molecule has 1 saturated heterocycles. The van der Waals surface area contributed by atoms with E-state index in [9.17, 15) is 28.2 Å². The van der Waals surface area contributed by atoms with Crippen molar-refractivity contribution < 1.29 is 17.7 Å². The molecule has 8 nitrogen and oxygen atoms in total. The largest absolute Gasteiger partial charge is 0.368 e. The average molecular weight is 390 g/mol. The quantitative estimate of drug-likeness (QED) is 0.584. The van der Waals surface area contributed by atoms with Crippen molar-refractivity contribution in [1.29, 1.82) is 5.26 Å². The number of nitrogens with zero attached hydrogens (tertiary/aromatic N) is 4. The number of nitro benzene ring substituents is 1. The van der Waals surface area contributed by atoms with E-state index in [1.165, 1.54) is 34.6 Å². The van der Waals surface area contributed by atoms with Crippen LogP contribution in [0.5, 0.6) is 0 Å². The van der Waals surface area contributed by atoms with Crippen molar-refractivity contribution in [1.82, 2.24) is 4.31 Å². The maximum absolute atomic E-state index is 13.0. The van der Waals surface area contributed by atoms with Crippen LogP contribution in [0.4, 0.5) is 15.8 Å². The Morgan fingerprint density at radius 2 is 1.70 bits per heavy atom. The monoisotopic (exact) mass is 390 g/mol. The van der Waals surface area contributed by atoms with E-state index in [0.29, 0.717) is 18.8 Å². The number of halogens is 1. The Bertz CT molecular complexity index is 1010. The molecule has 1 aliphatic heterocycles. The molecule has 0 atom stereocenters. The summed E-state index contributed by atoms with van der Waals surface area (Å²) < 4.78 is 39.6. The molecule has 2 aromatic rings. The van der Waals surface area contributed by atoms with E-state index >= 15 is 0 Å². The Morgan fingerprint density at radius 1 is 1.07 bits per heavy atom. The van der Waals surface area contributed by atoms with Crippen molar-refractivity contribution in [3.63, 3.8) is 0 Å². The summed E-state index contributed by atoms with van der Waals surface area (Å²) in [4.78, 5) is 12.1. The van der Waals surface area contributed by atoms with Gasteiger partial charge in [-0.05, 0) is 30.3 Å². The molecule has 1 aliphatic rings. The van der Waals surface area contributed by atoms with Crippen molar-refractivity contribution in [2.45, 2.75) is 4.90 Å². The van der Waals surface area contributed by atoms with Crippen LogP contribution in [0.3, 0.4) is 0 Å². The zero-order valence-corrected chi connectivity index (χ0v) is 14.9. The van der Waals surface area contributed by atoms with Gasteiger partial charge in [-0.2, -0.15) is 9.57 Å². The van der Waals surface area contributed by atoms with Gasteiger partial charge in [0.05, 0.1) is 21.1 Å². The minimum absolute atomic E-state index is 0.0189. The molecule has 0 saturated carbocycles. The fourth-order valence-electron chi connectivity index (χ4n) is 2.93. The molecule has 1 heterocycles. The van der Waals surface area contributed by atoms with Gasteiger partial charge in [0.15, 0.2) is 0 Å². The maximum Gasteiger partial charge on any atom is 0.270 e. The van der Waals surface area contributed by atoms with E-state index in [1.807, 2.05) is 11.0 Å². The van der Waals surface area contributed by atoms with Crippen molar-refractivity contribution in [3.8, 4) is 6.07 Å². The first-order valence-corrected chi connectivity index (χ1v) is 9.46. The lowest BCUT2D eigenvalue weighted by Crippen LogP contribution is -2.48. The van der Waals surface area contributed by atoms with Crippen LogP contribution in [0, 0.1) is 27.3 Å². The molecule has 0 bridgehead atoms. The molecule has 0 unspecified atom stereocenters. The summed E-state index contributed by atoms with van der Waals surface area (Å²) in [5.74, 6) is -0.513. The van der Waals surface area contributed by atoms with E-state index < -0.39 is 20.8 Å². The predicted octanol–water partition coefficient (Wildman–Crippen LogP) is 2.12. The summed E-state index contributed by atoms with van der Waals surface area (Å²) in [6, 6.07) is 10.6. The van der Waals surface area contributed by atoms with Crippen molar-refractivity contribution >= 4 is 21.4 Å². The first kappa shape index (κ1) is 18.8. The van der Waals surface area contributed by atoms with Crippen LogP contribution in [0.15, 0.2) is 47.4 Å². The zero-order valence-electron chi connectivity index (χ0n) is 14.1. The Labute approximate surface area is 155 Å². The second kappa shape index (κ2) is 7.30. The number of non-ortho nitro benzene ring substituents is 1. The molecule has 0 amide bonds. The summed E-state index contributed by atoms with van der Waals surface area (Å²) in [5, 5.41) is 20.1. The Kier molecular flexibility index (Phi) is 5.07. The molecule has 27 heavy (non-hydrogen) atoms. The average Bonchev–Trinajstić information content (AvgIpc) is 2.68. The van der Waals surface area contributed by atoms with Crippen LogP contribution in [0.2, 0.25) is 0 Å². The van der Waals surface area contributed by atoms with E-state index in [1.54, 1.807) is 0 Å². The first-order valence-electron chi connectivity index (χ1n) is 8.02. The highest BCUT2D eigenvalue weighted by Gasteiger charge is 2.29. The molecule has 10 heteroatoms. The third kappa shape index (κ3) is 3.74. The second-order valence-corrected chi connectivity index (χ2v) is 7.85. The molecule has 0 spiro atoms. The predicted molar refractivity (Wildman–Crippen MR) is 95.2 cm³/mol. The lowest BCUT2D eigenvalue weighted by Gasteiger charge is -2.35. The highest BCUT2D eigenvalue weighted by molar-refractivity contribution is 7.89. The number of nitriles is 1. The number of nitro groups is 1. The van der Waals surface area contributed by atoms with Crippen LogP contribution in [-0.4, -0.2) is 43.8 Å². The number of benzene rings is 2. The van der Waals surface area contributed by atoms with Crippen LogP contribution < -0.4 is 4.90 Å². The molecular weight excluding hydrogens is 375 g/mol.